The predicted octanol–water partition coefficient (Wildman–Crippen LogP) is 4.59. The van der Waals surface area contributed by atoms with Crippen molar-refractivity contribution < 1.29 is 4.79 Å². The van der Waals surface area contributed by atoms with E-state index in [1.54, 1.807) is 0 Å². The highest BCUT2D eigenvalue weighted by Crippen LogP contribution is 2.47. The van der Waals surface area contributed by atoms with Crippen LogP contribution in [-0.2, 0) is 4.79 Å². The van der Waals surface area contributed by atoms with Gasteiger partial charge in [-0.05, 0) is 30.6 Å². The van der Waals surface area contributed by atoms with Gasteiger partial charge >= 0.3 is 0 Å². The molecular weight excluding hydrogens is 232 g/mol. The largest absolute Gasteiger partial charge is 0.299 e. The standard InChI is InChI=1S/C15H25ClO/c1-6-14(17)10(2)9-12-11(3)13(16)7-8-15(12,4)5/h10,12-13H,3,6-9H2,1-2,4-5H3. The third kappa shape index (κ3) is 3.34. The molecular formula is C15H25ClO. The Morgan fingerprint density at radius 3 is 2.71 bits per heavy atom. The summed E-state index contributed by atoms with van der Waals surface area (Å²) in [5, 5.41) is 0.0944. The number of halogens is 1. The summed E-state index contributed by atoms with van der Waals surface area (Å²) in [6.45, 7) is 12.7. The number of carbonyl (C=O) groups is 1. The summed E-state index contributed by atoms with van der Waals surface area (Å²) in [7, 11) is 0. The fourth-order valence-electron chi connectivity index (χ4n) is 2.88. The maximum Gasteiger partial charge on any atom is 0.135 e. The van der Waals surface area contributed by atoms with Crippen LogP contribution < -0.4 is 0 Å². The van der Waals surface area contributed by atoms with E-state index < -0.39 is 0 Å². The van der Waals surface area contributed by atoms with E-state index in [1.165, 1.54) is 0 Å². The number of carbonyl (C=O) groups excluding carboxylic acids is 1. The van der Waals surface area contributed by atoms with Crippen molar-refractivity contribution in [1.29, 1.82) is 0 Å². The zero-order valence-corrected chi connectivity index (χ0v) is 12.3. The number of ketones is 1. The van der Waals surface area contributed by atoms with E-state index in [0.29, 0.717) is 18.1 Å². The zero-order valence-electron chi connectivity index (χ0n) is 11.6. The molecule has 3 atom stereocenters. The van der Waals surface area contributed by atoms with E-state index in [1.807, 2.05) is 13.8 Å². The maximum absolute atomic E-state index is 11.7. The molecule has 1 rings (SSSR count). The predicted molar refractivity (Wildman–Crippen MR) is 74.4 cm³/mol. The first kappa shape index (κ1) is 14.8. The minimum Gasteiger partial charge on any atom is -0.299 e. The molecule has 0 N–H and O–H groups in total. The van der Waals surface area contributed by atoms with Gasteiger partial charge < -0.3 is 0 Å². The fourth-order valence-corrected chi connectivity index (χ4v) is 3.14. The molecule has 0 radical (unpaired) electrons. The molecule has 3 unspecified atom stereocenters. The van der Waals surface area contributed by atoms with Gasteiger partial charge in [0, 0.05) is 12.3 Å². The number of hydrogen-bond acceptors (Lipinski definition) is 1. The molecule has 0 aromatic heterocycles. The van der Waals surface area contributed by atoms with E-state index >= 15 is 0 Å². The van der Waals surface area contributed by atoms with Crippen molar-refractivity contribution in [3.8, 4) is 0 Å². The molecule has 0 amide bonds. The van der Waals surface area contributed by atoms with Crippen molar-refractivity contribution >= 4 is 17.4 Å². The molecule has 1 aliphatic rings. The van der Waals surface area contributed by atoms with Gasteiger partial charge in [-0.25, -0.2) is 0 Å². The van der Waals surface area contributed by atoms with E-state index in [0.717, 1.165) is 24.8 Å². The van der Waals surface area contributed by atoms with Crippen LogP contribution in [0.1, 0.15) is 53.4 Å². The molecule has 17 heavy (non-hydrogen) atoms. The average Bonchev–Trinajstić information content (AvgIpc) is 2.28. The van der Waals surface area contributed by atoms with Crippen molar-refractivity contribution in [3.05, 3.63) is 12.2 Å². The first-order valence-corrected chi connectivity index (χ1v) is 7.08. The average molecular weight is 257 g/mol. The Kier molecular flexibility index (Phi) is 4.83. The second-order valence-corrected chi connectivity index (χ2v) is 6.61. The van der Waals surface area contributed by atoms with Crippen LogP contribution in [0.4, 0.5) is 0 Å². The lowest BCUT2D eigenvalue weighted by Gasteiger charge is -2.43. The van der Waals surface area contributed by atoms with Gasteiger partial charge in [0.05, 0.1) is 5.38 Å². The van der Waals surface area contributed by atoms with Crippen molar-refractivity contribution in [1.82, 2.24) is 0 Å². The van der Waals surface area contributed by atoms with Crippen molar-refractivity contribution in [2.75, 3.05) is 0 Å². The Morgan fingerprint density at radius 1 is 1.59 bits per heavy atom. The van der Waals surface area contributed by atoms with Gasteiger partial charge in [0.15, 0.2) is 0 Å². The van der Waals surface area contributed by atoms with Crippen LogP contribution in [0.2, 0.25) is 0 Å². The van der Waals surface area contributed by atoms with Crippen molar-refractivity contribution in [2.45, 2.75) is 58.8 Å². The van der Waals surface area contributed by atoms with Gasteiger partial charge in [-0.3, -0.25) is 4.79 Å². The van der Waals surface area contributed by atoms with Gasteiger partial charge in [0.2, 0.25) is 0 Å². The highest BCUT2D eigenvalue weighted by atomic mass is 35.5. The molecule has 0 aromatic rings. The number of rotatable bonds is 4. The van der Waals surface area contributed by atoms with Crippen LogP contribution >= 0.6 is 11.6 Å². The highest BCUT2D eigenvalue weighted by molar-refractivity contribution is 6.22. The van der Waals surface area contributed by atoms with Crippen LogP contribution in [0.25, 0.3) is 0 Å². The van der Waals surface area contributed by atoms with E-state index in [4.69, 9.17) is 11.6 Å². The summed E-state index contributed by atoms with van der Waals surface area (Å²) in [5.74, 6) is 0.859. The molecule has 0 aliphatic heterocycles. The Balaban J connectivity index is 2.78. The van der Waals surface area contributed by atoms with Crippen LogP contribution in [-0.4, -0.2) is 11.2 Å². The first-order chi connectivity index (χ1) is 7.79. The smallest absolute Gasteiger partial charge is 0.135 e. The lowest BCUT2D eigenvalue weighted by Crippen LogP contribution is -2.36. The minimum absolute atomic E-state index is 0.0944. The molecule has 0 aromatic carbocycles. The second kappa shape index (κ2) is 5.56. The Morgan fingerprint density at radius 2 is 2.18 bits per heavy atom. The lowest BCUT2D eigenvalue weighted by molar-refractivity contribution is -0.122. The second-order valence-electron chi connectivity index (χ2n) is 6.08. The molecule has 0 heterocycles. The molecule has 98 valence electrons. The van der Waals surface area contributed by atoms with Gasteiger partial charge in [0.1, 0.15) is 5.78 Å². The van der Waals surface area contributed by atoms with Crippen LogP contribution in [0.3, 0.4) is 0 Å². The van der Waals surface area contributed by atoms with E-state index in [9.17, 15) is 4.79 Å². The maximum atomic E-state index is 11.7. The number of Topliss-reactive ketones (excluding diaryl/α,β-unsaturated/α-hetero) is 1. The molecule has 0 spiro atoms. The molecule has 1 aliphatic carbocycles. The van der Waals surface area contributed by atoms with E-state index in [-0.39, 0.29) is 16.7 Å². The normalized spacial score (nSPS) is 30.1. The van der Waals surface area contributed by atoms with Gasteiger partial charge in [-0.15, -0.1) is 11.6 Å². The number of hydrogen-bond donors (Lipinski definition) is 0. The molecule has 1 fully saturated rings. The minimum atomic E-state index is 0.0944. The Bertz CT molecular complexity index is 306. The van der Waals surface area contributed by atoms with Crippen LogP contribution in [0.15, 0.2) is 12.2 Å². The fraction of sp³-hybridized carbons (Fsp3) is 0.800. The van der Waals surface area contributed by atoms with Crippen LogP contribution in [0, 0.1) is 17.3 Å². The monoisotopic (exact) mass is 256 g/mol. The van der Waals surface area contributed by atoms with Gasteiger partial charge in [-0.1, -0.05) is 39.8 Å². The van der Waals surface area contributed by atoms with Crippen molar-refractivity contribution in [3.63, 3.8) is 0 Å². The Hall–Kier alpha value is -0.300. The topological polar surface area (TPSA) is 17.1 Å². The van der Waals surface area contributed by atoms with Gasteiger partial charge in [-0.2, -0.15) is 0 Å². The summed E-state index contributed by atoms with van der Waals surface area (Å²) in [6.07, 6.45) is 3.67. The number of alkyl halides is 1. The third-order valence-electron chi connectivity index (χ3n) is 4.32. The van der Waals surface area contributed by atoms with Gasteiger partial charge in [0.25, 0.3) is 0 Å². The van der Waals surface area contributed by atoms with Crippen LogP contribution in [0.5, 0.6) is 0 Å². The zero-order chi connectivity index (χ0) is 13.2. The summed E-state index contributed by atoms with van der Waals surface area (Å²) in [4.78, 5) is 11.7. The van der Waals surface area contributed by atoms with E-state index in [2.05, 4.69) is 20.4 Å². The molecule has 0 saturated heterocycles. The number of allylic oxidation sites excluding steroid dienone is 1. The molecule has 1 saturated carbocycles. The third-order valence-corrected chi connectivity index (χ3v) is 4.82. The SMILES string of the molecule is C=C1C(Cl)CCC(C)(C)C1CC(C)C(=O)CC. The molecule has 2 heteroatoms. The lowest BCUT2D eigenvalue weighted by atomic mass is 9.63. The first-order valence-electron chi connectivity index (χ1n) is 6.65. The molecule has 0 bridgehead atoms. The van der Waals surface area contributed by atoms with Crippen molar-refractivity contribution in [2.24, 2.45) is 17.3 Å². The summed E-state index contributed by atoms with van der Waals surface area (Å²) >= 11 is 6.30. The molecule has 1 nitrogen and oxygen atoms in total. The highest BCUT2D eigenvalue weighted by Gasteiger charge is 2.39. The summed E-state index contributed by atoms with van der Waals surface area (Å²) in [6, 6.07) is 0. The Labute approximate surface area is 111 Å². The summed E-state index contributed by atoms with van der Waals surface area (Å²) in [5.41, 5.74) is 1.36. The summed E-state index contributed by atoms with van der Waals surface area (Å²) < 4.78 is 0. The quantitative estimate of drug-likeness (QED) is 0.531.